The van der Waals surface area contributed by atoms with Crippen molar-refractivity contribution in [2.24, 2.45) is 5.92 Å². The fourth-order valence-corrected chi connectivity index (χ4v) is 4.33. The highest BCUT2D eigenvalue weighted by atomic mass is 16.3. The molecule has 1 heterocycles. The number of rotatable bonds is 4. The monoisotopic (exact) mass is 252 g/mol. The molecule has 0 aromatic rings. The summed E-state index contributed by atoms with van der Waals surface area (Å²) in [7, 11) is 0. The van der Waals surface area contributed by atoms with Crippen LogP contribution in [-0.2, 0) is 0 Å². The first-order valence-electron chi connectivity index (χ1n) is 7.96. The SMILES string of the molecule is OC1(CNC2CCCC2C2CCCN2)CCCC1. The van der Waals surface area contributed by atoms with Gasteiger partial charge in [-0.25, -0.2) is 0 Å². The lowest BCUT2D eigenvalue weighted by Crippen LogP contribution is -2.47. The Labute approximate surface area is 111 Å². The van der Waals surface area contributed by atoms with Gasteiger partial charge in [0.05, 0.1) is 5.60 Å². The van der Waals surface area contributed by atoms with Crippen LogP contribution in [0.5, 0.6) is 0 Å². The molecule has 0 radical (unpaired) electrons. The van der Waals surface area contributed by atoms with Gasteiger partial charge in [-0.3, -0.25) is 0 Å². The van der Waals surface area contributed by atoms with Crippen molar-refractivity contribution in [3.8, 4) is 0 Å². The average molecular weight is 252 g/mol. The van der Waals surface area contributed by atoms with Gasteiger partial charge in [0.15, 0.2) is 0 Å². The molecule has 0 spiro atoms. The summed E-state index contributed by atoms with van der Waals surface area (Å²) in [4.78, 5) is 0. The zero-order chi connectivity index (χ0) is 12.4. The number of nitrogens with one attached hydrogen (secondary N) is 2. The van der Waals surface area contributed by atoms with Gasteiger partial charge in [-0.2, -0.15) is 0 Å². The van der Waals surface area contributed by atoms with Crippen molar-refractivity contribution in [1.29, 1.82) is 0 Å². The Kier molecular flexibility index (Phi) is 3.92. The lowest BCUT2D eigenvalue weighted by atomic mass is 9.92. The fourth-order valence-electron chi connectivity index (χ4n) is 4.33. The molecule has 3 fully saturated rings. The van der Waals surface area contributed by atoms with E-state index in [2.05, 4.69) is 10.6 Å². The van der Waals surface area contributed by atoms with Crippen LogP contribution in [0.1, 0.15) is 57.8 Å². The van der Waals surface area contributed by atoms with Crippen LogP contribution in [0.4, 0.5) is 0 Å². The second-order valence-electron chi connectivity index (χ2n) is 6.72. The Morgan fingerprint density at radius 1 is 1.06 bits per heavy atom. The van der Waals surface area contributed by atoms with Crippen molar-refractivity contribution < 1.29 is 5.11 Å². The van der Waals surface area contributed by atoms with Crippen LogP contribution in [-0.4, -0.2) is 35.9 Å². The van der Waals surface area contributed by atoms with Crippen LogP contribution in [0.3, 0.4) is 0 Å². The van der Waals surface area contributed by atoms with Gasteiger partial charge in [0.1, 0.15) is 0 Å². The Morgan fingerprint density at radius 3 is 2.61 bits per heavy atom. The molecule has 1 aliphatic heterocycles. The van der Waals surface area contributed by atoms with E-state index in [0.29, 0.717) is 6.04 Å². The van der Waals surface area contributed by atoms with Crippen molar-refractivity contribution in [1.82, 2.24) is 10.6 Å². The maximum absolute atomic E-state index is 10.4. The first-order chi connectivity index (χ1) is 8.77. The molecule has 18 heavy (non-hydrogen) atoms. The van der Waals surface area contributed by atoms with Crippen molar-refractivity contribution >= 4 is 0 Å². The lowest BCUT2D eigenvalue weighted by molar-refractivity contribution is 0.0428. The number of aliphatic hydroxyl groups is 1. The zero-order valence-electron chi connectivity index (χ0n) is 11.5. The van der Waals surface area contributed by atoms with E-state index in [4.69, 9.17) is 0 Å². The number of hydrogen-bond acceptors (Lipinski definition) is 3. The maximum atomic E-state index is 10.4. The molecular formula is C15H28N2O. The summed E-state index contributed by atoms with van der Waals surface area (Å²) < 4.78 is 0. The van der Waals surface area contributed by atoms with Gasteiger partial charge in [0.25, 0.3) is 0 Å². The molecule has 3 heteroatoms. The Morgan fingerprint density at radius 2 is 1.89 bits per heavy atom. The highest BCUT2D eigenvalue weighted by molar-refractivity contribution is 4.95. The normalized spacial score (nSPS) is 39.5. The molecule has 3 nitrogen and oxygen atoms in total. The molecule has 0 amide bonds. The first-order valence-corrected chi connectivity index (χ1v) is 7.96. The second kappa shape index (κ2) is 5.48. The predicted molar refractivity (Wildman–Crippen MR) is 73.6 cm³/mol. The van der Waals surface area contributed by atoms with E-state index in [9.17, 15) is 5.11 Å². The summed E-state index contributed by atoms with van der Waals surface area (Å²) in [5.74, 6) is 0.803. The highest BCUT2D eigenvalue weighted by Gasteiger charge is 2.37. The van der Waals surface area contributed by atoms with Gasteiger partial charge in [-0.1, -0.05) is 19.3 Å². The highest BCUT2D eigenvalue weighted by Crippen LogP contribution is 2.33. The summed E-state index contributed by atoms with van der Waals surface area (Å²) >= 11 is 0. The van der Waals surface area contributed by atoms with Gasteiger partial charge in [-0.05, 0) is 51.0 Å². The Bertz CT molecular complexity index is 270. The van der Waals surface area contributed by atoms with E-state index in [0.717, 1.165) is 31.3 Å². The molecule has 3 aliphatic rings. The maximum Gasteiger partial charge on any atom is 0.0771 e. The third-order valence-electron chi connectivity index (χ3n) is 5.41. The summed E-state index contributed by atoms with van der Waals surface area (Å²) in [5.41, 5.74) is -0.393. The molecule has 0 aromatic carbocycles. The van der Waals surface area contributed by atoms with E-state index < -0.39 is 5.60 Å². The van der Waals surface area contributed by atoms with E-state index >= 15 is 0 Å². The molecule has 3 unspecified atom stereocenters. The largest absolute Gasteiger partial charge is 0.389 e. The van der Waals surface area contributed by atoms with Crippen LogP contribution in [0.2, 0.25) is 0 Å². The molecule has 1 saturated heterocycles. The predicted octanol–water partition coefficient (Wildman–Crippen LogP) is 1.80. The fraction of sp³-hybridized carbons (Fsp3) is 1.00. The molecular weight excluding hydrogens is 224 g/mol. The van der Waals surface area contributed by atoms with Crippen LogP contribution < -0.4 is 10.6 Å². The quantitative estimate of drug-likeness (QED) is 0.715. The van der Waals surface area contributed by atoms with E-state index in [-0.39, 0.29) is 0 Å². The molecule has 0 bridgehead atoms. The Balaban J connectivity index is 1.51. The van der Waals surface area contributed by atoms with E-state index in [1.807, 2.05) is 0 Å². The van der Waals surface area contributed by atoms with Crippen molar-refractivity contribution in [2.75, 3.05) is 13.1 Å². The second-order valence-corrected chi connectivity index (χ2v) is 6.72. The van der Waals surface area contributed by atoms with E-state index in [1.165, 1.54) is 51.5 Å². The van der Waals surface area contributed by atoms with Crippen LogP contribution in [0.15, 0.2) is 0 Å². The zero-order valence-corrected chi connectivity index (χ0v) is 11.5. The average Bonchev–Trinajstić information content (AvgIpc) is 3.08. The minimum Gasteiger partial charge on any atom is -0.389 e. The third kappa shape index (κ3) is 2.73. The van der Waals surface area contributed by atoms with Crippen LogP contribution in [0.25, 0.3) is 0 Å². The van der Waals surface area contributed by atoms with Gasteiger partial charge in [-0.15, -0.1) is 0 Å². The Hall–Kier alpha value is -0.120. The first kappa shape index (κ1) is 12.9. The summed E-state index contributed by atoms with van der Waals surface area (Å²) in [5, 5.41) is 17.8. The lowest BCUT2D eigenvalue weighted by Gasteiger charge is -2.30. The standard InChI is InChI=1S/C15H28N2O/c18-15(8-1-2-9-15)11-17-14-6-3-5-12(14)13-7-4-10-16-13/h12-14,16-18H,1-11H2. The summed E-state index contributed by atoms with van der Waals surface area (Å²) in [6.07, 6.45) is 11.1. The third-order valence-corrected chi connectivity index (χ3v) is 5.41. The molecule has 3 rings (SSSR count). The van der Waals surface area contributed by atoms with Gasteiger partial charge >= 0.3 is 0 Å². The van der Waals surface area contributed by atoms with Crippen molar-refractivity contribution in [3.05, 3.63) is 0 Å². The molecule has 0 aromatic heterocycles. The van der Waals surface area contributed by atoms with Crippen molar-refractivity contribution in [2.45, 2.75) is 75.5 Å². The smallest absolute Gasteiger partial charge is 0.0771 e. The molecule has 3 N–H and O–H groups in total. The molecule has 3 atom stereocenters. The van der Waals surface area contributed by atoms with Gasteiger partial charge < -0.3 is 15.7 Å². The molecule has 2 aliphatic carbocycles. The summed E-state index contributed by atoms with van der Waals surface area (Å²) in [6, 6.07) is 1.38. The minimum absolute atomic E-state index is 0.393. The number of hydrogen-bond donors (Lipinski definition) is 3. The van der Waals surface area contributed by atoms with Crippen molar-refractivity contribution in [3.63, 3.8) is 0 Å². The van der Waals surface area contributed by atoms with Crippen LogP contribution >= 0.6 is 0 Å². The molecule has 2 saturated carbocycles. The molecule has 104 valence electrons. The van der Waals surface area contributed by atoms with Gasteiger partial charge in [0.2, 0.25) is 0 Å². The minimum atomic E-state index is -0.393. The van der Waals surface area contributed by atoms with Gasteiger partial charge in [0, 0.05) is 18.6 Å². The topological polar surface area (TPSA) is 44.3 Å². The van der Waals surface area contributed by atoms with E-state index in [1.54, 1.807) is 0 Å². The summed E-state index contributed by atoms with van der Waals surface area (Å²) in [6.45, 7) is 2.03. The van der Waals surface area contributed by atoms with Crippen LogP contribution in [0, 0.1) is 5.92 Å².